The fourth-order valence-electron chi connectivity index (χ4n) is 3.33. The summed E-state index contributed by atoms with van der Waals surface area (Å²) in [6.07, 6.45) is 3.61. The number of fused-ring (bicyclic) bond motifs is 1. The van der Waals surface area contributed by atoms with Crippen LogP contribution in [-0.2, 0) is 11.2 Å². The number of amidine groups is 1. The maximum atomic E-state index is 12.8. The van der Waals surface area contributed by atoms with E-state index in [-0.39, 0.29) is 18.0 Å². The molecule has 0 aliphatic rings. The third kappa shape index (κ3) is 6.39. The number of hydrogen-bond acceptors (Lipinski definition) is 6. The van der Waals surface area contributed by atoms with Gasteiger partial charge in [0.05, 0.1) is 17.7 Å². The molecule has 0 unspecified atom stereocenters. The predicted molar refractivity (Wildman–Crippen MR) is 133 cm³/mol. The van der Waals surface area contributed by atoms with Crippen molar-refractivity contribution >= 4 is 40.5 Å². The first-order valence-electron chi connectivity index (χ1n) is 10.9. The molecule has 9 heteroatoms. The number of rotatable bonds is 11. The van der Waals surface area contributed by atoms with Crippen molar-refractivity contribution in [1.29, 1.82) is 5.41 Å². The number of nitrogens with zero attached hydrogens (tertiary/aromatic N) is 1. The number of primary amides is 1. The maximum Gasteiger partial charge on any atom is 0.343 e. The summed E-state index contributed by atoms with van der Waals surface area (Å²) in [5.74, 6) is -0.942. The van der Waals surface area contributed by atoms with Crippen molar-refractivity contribution in [2.75, 3.05) is 6.54 Å². The number of nitrogens with one attached hydrogen (secondary N) is 3. The van der Waals surface area contributed by atoms with Crippen LogP contribution in [0.1, 0.15) is 41.3 Å². The Kier molecular flexibility index (Phi) is 8.31. The molecule has 3 aromatic carbocycles. The summed E-state index contributed by atoms with van der Waals surface area (Å²) in [6, 6.07) is 15.1. The van der Waals surface area contributed by atoms with E-state index in [2.05, 4.69) is 22.8 Å². The Labute approximate surface area is 197 Å². The average molecular weight is 461 g/mol. The van der Waals surface area contributed by atoms with Gasteiger partial charge in [-0.05, 0) is 53.6 Å². The van der Waals surface area contributed by atoms with Gasteiger partial charge in [-0.15, -0.1) is 0 Å². The van der Waals surface area contributed by atoms with Crippen LogP contribution < -0.4 is 27.1 Å². The van der Waals surface area contributed by atoms with E-state index in [0.29, 0.717) is 27.8 Å². The number of aliphatic imine (C=N–C) groups is 1. The van der Waals surface area contributed by atoms with Gasteiger partial charge in [0.15, 0.2) is 0 Å². The Morgan fingerprint density at radius 3 is 2.47 bits per heavy atom. The molecule has 0 bridgehead atoms. The minimum atomic E-state index is -0.569. The summed E-state index contributed by atoms with van der Waals surface area (Å²) in [5.41, 5.74) is 19.0. The quantitative estimate of drug-likeness (QED) is 0.0740. The van der Waals surface area contributed by atoms with Gasteiger partial charge in [0.1, 0.15) is 17.9 Å². The van der Waals surface area contributed by atoms with Crippen LogP contribution in [0.3, 0.4) is 0 Å². The molecule has 0 fully saturated rings. The number of benzene rings is 3. The minimum absolute atomic E-state index is 0.0647. The first-order valence-corrected chi connectivity index (χ1v) is 10.9. The molecule has 0 spiro atoms. The van der Waals surface area contributed by atoms with E-state index < -0.39 is 11.9 Å². The Morgan fingerprint density at radius 1 is 1.06 bits per heavy atom. The van der Waals surface area contributed by atoms with Crippen molar-refractivity contribution in [3.05, 3.63) is 71.3 Å². The number of carbonyl (C=O) groups excluding carboxylic acids is 2. The van der Waals surface area contributed by atoms with Crippen molar-refractivity contribution in [2.24, 2.45) is 16.5 Å². The smallest absolute Gasteiger partial charge is 0.343 e. The zero-order valence-electron chi connectivity index (χ0n) is 18.9. The molecule has 3 rings (SSSR count). The first-order chi connectivity index (χ1) is 16.4. The molecule has 7 N–H and O–H groups in total. The third-order valence-corrected chi connectivity index (χ3v) is 5.09. The molecule has 9 nitrogen and oxygen atoms in total. The highest BCUT2D eigenvalue weighted by molar-refractivity contribution is 6.01. The zero-order valence-corrected chi connectivity index (χ0v) is 18.9. The SMILES string of the molecule is CCCCNNC=Nc1ccc(C(=O)Oc2ccc3cc(C(=N)N)ccc3c2CC(N)=O)cc1. The number of hydrazine groups is 1. The predicted octanol–water partition coefficient (Wildman–Crippen LogP) is 2.92. The Hall–Kier alpha value is -4.24. The van der Waals surface area contributed by atoms with Gasteiger partial charge in [0, 0.05) is 17.7 Å². The lowest BCUT2D eigenvalue weighted by Crippen LogP contribution is -2.30. The van der Waals surface area contributed by atoms with Crippen molar-refractivity contribution in [3.8, 4) is 5.75 Å². The molecule has 34 heavy (non-hydrogen) atoms. The maximum absolute atomic E-state index is 12.8. The van der Waals surface area contributed by atoms with Gasteiger partial charge in [0.2, 0.25) is 5.91 Å². The van der Waals surface area contributed by atoms with Crippen molar-refractivity contribution in [1.82, 2.24) is 10.9 Å². The minimum Gasteiger partial charge on any atom is -0.423 e. The molecule has 0 heterocycles. The summed E-state index contributed by atoms with van der Waals surface area (Å²) in [7, 11) is 0. The number of amides is 1. The summed E-state index contributed by atoms with van der Waals surface area (Å²) in [4.78, 5) is 28.7. The molecule has 0 saturated heterocycles. The lowest BCUT2D eigenvalue weighted by Gasteiger charge is -2.13. The summed E-state index contributed by atoms with van der Waals surface area (Å²) in [5, 5.41) is 9.06. The van der Waals surface area contributed by atoms with E-state index in [1.807, 2.05) is 0 Å². The zero-order chi connectivity index (χ0) is 24.5. The van der Waals surface area contributed by atoms with Gasteiger partial charge in [-0.1, -0.05) is 31.5 Å². The highest BCUT2D eigenvalue weighted by atomic mass is 16.5. The van der Waals surface area contributed by atoms with Crippen LogP contribution in [0.25, 0.3) is 10.8 Å². The Morgan fingerprint density at radius 2 is 1.79 bits per heavy atom. The molecule has 0 aliphatic heterocycles. The topological polar surface area (TPSA) is 156 Å². The largest absolute Gasteiger partial charge is 0.423 e. The first kappa shape index (κ1) is 24.4. The van der Waals surface area contributed by atoms with Crippen LogP contribution in [0.15, 0.2) is 59.6 Å². The van der Waals surface area contributed by atoms with Crippen molar-refractivity contribution in [3.63, 3.8) is 0 Å². The van der Waals surface area contributed by atoms with Gasteiger partial charge in [0.25, 0.3) is 0 Å². The van der Waals surface area contributed by atoms with E-state index in [1.54, 1.807) is 60.9 Å². The number of carbonyl (C=O) groups is 2. The summed E-state index contributed by atoms with van der Waals surface area (Å²) in [6.45, 7) is 2.96. The van der Waals surface area contributed by atoms with Gasteiger partial charge in [-0.3, -0.25) is 10.2 Å². The third-order valence-electron chi connectivity index (χ3n) is 5.09. The van der Waals surface area contributed by atoms with E-state index in [0.717, 1.165) is 24.8 Å². The Bertz CT molecular complexity index is 1220. The van der Waals surface area contributed by atoms with Crippen molar-refractivity contribution in [2.45, 2.75) is 26.2 Å². The van der Waals surface area contributed by atoms with Gasteiger partial charge in [-0.2, -0.15) is 0 Å². The number of nitrogens with two attached hydrogens (primary N) is 2. The van der Waals surface area contributed by atoms with Crippen LogP contribution in [0.5, 0.6) is 5.75 Å². The van der Waals surface area contributed by atoms with Crippen LogP contribution in [0, 0.1) is 5.41 Å². The number of unbranched alkanes of at least 4 members (excludes halogenated alkanes) is 1. The van der Waals surface area contributed by atoms with Gasteiger partial charge in [-0.25, -0.2) is 15.2 Å². The molecule has 1 amide bonds. The van der Waals surface area contributed by atoms with Crippen molar-refractivity contribution < 1.29 is 14.3 Å². The monoisotopic (exact) mass is 460 g/mol. The van der Waals surface area contributed by atoms with E-state index in [1.165, 1.54) is 0 Å². The van der Waals surface area contributed by atoms with Gasteiger partial charge >= 0.3 is 5.97 Å². The molecular weight excluding hydrogens is 432 g/mol. The highest BCUT2D eigenvalue weighted by Crippen LogP contribution is 2.30. The number of esters is 1. The molecule has 0 aromatic heterocycles. The molecule has 3 aromatic rings. The number of ether oxygens (including phenoxy) is 1. The second-order valence-corrected chi connectivity index (χ2v) is 7.65. The molecular formula is C25H28N6O3. The highest BCUT2D eigenvalue weighted by Gasteiger charge is 2.16. The average Bonchev–Trinajstić information content (AvgIpc) is 2.82. The molecule has 0 saturated carbocycles. The molecule has 0 radical (unpaired) electrons. The van der Waals surface area contributed by atoms with E-state index in [9.17, 15) is 9.59 Å². The number of hydrogen-bond donors (Lipinski definition) is 5. The summed E-state index contributed by atoms with van der Waals surface area (Å²) >= 11 is 0. The summed E-state index contributed by atoms with van der Waals surface area (Å²) < 4.78 is 5.62. The molecule has 0 aliphatic carbocycles. The lowest BCUT2D eigenvalue weighted by molar-refractivity contribution is -0.117. The fourth-order valence-corrected chi connectivity index (χ4v) is 3.33. The van der Waals surface area contributed by atoms with Crippen LogP contribution >= 0.6 is 0 Å². The number of nitrogen functional groups attached to an aromatic ring is 1. The lowest BCUT2D eigenvalue weighted by atomic mass is 9.98. The van der Waals surface area contributed by atoms with Crippen LogP contribution in [0.2, 0.25) is 0 Å². The van der Waals surface area contributed by atoms with E-state index in [4.69, 9.17) is 21.6 Å². The van der Waals surface area contributed by atoms with Crippen LogP contribution in [-0.4, -0.2) is 30.6 Å². The van der Waals surface area contributed by atoms with E-state index >= 15 is 0 Å². The Balaban J connectivity index is 1.76. The second-order valence-electron chi connectivity index (χ2n) is 7.65. The fraction of sp³-hybridized carbons (Fsp3) is 0.200. The molecule has 0 atom stereocenters. The molecule has 176 valence electrons. The van der Waals surface area contributed by atoms with Gasteiger partial charge < -0.3 is 21.6 Å². The van der Waals surface area contributed by atoms with Crippen LogP contribution in [0.4, 0.5) is 5.69 Å². The second kappa shape index (κ2) is 11.6. The normalized spacial score (nSPS) is 11.0. The standard InChI is InChI=1S/C25H28N6O3/c1-2-3-12-30-31-15-29-19-8-4-16(5-9-19)25(33)34-22-11-7-17-13-18(24(27)28)6-10-20(17)21(22)14-23(26)32/h4-11,13,15,30H,2-3,12,14H2,1H3,(H2,26,32)(H3,27,28)(H,29,31).